The summed E-state index contributed by atoms with van der Waals surface area (Å²) in [4.78, 5) is 14.9. The first kappa shape index (κ1) is 54.1. The van der Waals surface area contributed by atoms with Gasteiger partial charge in [0.2, 0.25) is 0 Å². The summed E-state index contributed by atoms with van der Waals surface area (Å²) in [5, 5.41) is 0. The molecule has 0 radical (unpaired) electrons. The maximum Gasteiger partial charge on any atom is 0.0463 e. The molecule has 7 aromatic carbocycles. The fourth-order valence-corrected chi connectivity index (χ4v) is 9.76. The zero-order valence-electron chi connectivity index (χ0n) is 45.7. The first-order valence-electron chi connectivity index (χ1n) is 28.2. The van der Waals surface area contributed by atoms with Crippen LogP contribution in [0.15, 0.2) is 176 Å². The Kier molecular flexibility index (Phi) is 21.2. The van der Waals surface area contributed by atoms with E-state index < -0.39 is 0 Å². The molecule has 0 aromatic heterocycles. The Morgan fingerprint density at radius 1 is 0.219 bits per heavy atom. The van der Waals surface area contributed by atoms with Gasteiger partial charge < -0.3 is 29.4 Å². The Morgan fingerprint density at radius 2 is 0.397 bits per heavy atom. The van der Waals surface area contributed by atoms with Gasteiger partial charge >= 0.3 is 0 Å². The monoisotopic (exact) mass is 975 g/mol. The van der Waals surface area contributed by atoms with E-state index in [1.54, 1.807) is 0 Å². The van der Waals surface area contributed by atoms with Crippen molar-refractivity contribution in [2.24, 2.45) is 0 Å². The van der Waals surface area contributed by atoms with E-state index in [4.69, 9.17) is 0 Å². The average Bonchev–Trinajstić information content (AvgIpc) is 3.43. The lowest BCUT2D eigenvalue weighted by molar-refractivity contribution is 0.678. The molecule has 384 valence electrons. The van der Waals surface area contributed by atoms with Crippen LogP contribution in [-0.2, 0) is 0 Å². The molecule has 0 bridgehead atoms. The highest BCUT2D eigenvalue weighted by atomic mass is 15.2. The minimum atomic E-state index is 1.09. The molecule has 0 heterocycles. The number of anilines is 12. The van der Waals surface area contributed by atoms with E-state index in [1.165, 1.54) is 99.7 Å². The summed E-state index contributed by atoms with van der Waals surface area (Å²) < 4.78 is 0. The van der Waals surface area contributed by atoms with E-state index >= 15 is 0 Å². The second-order valence-corrected chi connectivity index (χ2v) is 19.8. The number of benzene rings is 7. The predicted octanol–water partition coefficient (Wildman–Crippen LogP) is 19.6. The van der Waals surface area contributed by atoms with E-state index in [2.05, 4.69) is 254 Å². The topological polar surface area (TPSA) is 19.4 Å². The van der Waals surface area contributed by atoms with Gasteiger partial charge in [0.1, 0.15) is 0 Å². The highest BCUT2D eigenvalue weighted by Gasteiger charge is 2.20. The summed E-state index contributed by atoms with van der Waals surface area (Å²) in [6.45, 7) is 22.4. The third kappa shape index (κ3) is 14.7. The zero-order chi connectivity index (χ0) is 51.2. The fourth-order valence-electron chi connectivity index (χ4n) is 9.76. The Bertz CT molecular complexity index is 2500. The Morgan fingerprint density at radius 3 is 0.603 bits per heavy atom. The maximum atomic E-state index is 2.57. The smallest absolute Gasteiger partial charge is 0.0463 e. The SMILES string of the molecule is CCCCN(CCCC)c1ccc(N(c2ccc(C)cc2)c2ccc(N(c3ccccc3)c3ccc(N(c4ccc(N(CCCC)CCCC)cc4)c4ccc(N(CCCC)CCCC)cc4)cc3)cc2)cc1. The lowest BCUT2D eigenvalue weighted by atomic mass is 10.1. The molecule has 7 aromatic rings. The molecule has 0 fully saturated rings. The fraction of sp³-hybridized carbons (Fsp3) is 0.373. The van der Waals surface area contributed by atoms with Crippen LogP contribution in [0.2, 0.25) is 0 Å². The molecular formula is C67H86N6. The van der Waals surface area contributed by atoms with Gasteiger partial charge in [-0.25, -0.2) is 0 Å². The van der Waals surface area contributed by atoms with E-state index in [0.29, 0.717) is 0 Å². The largest absolute Gasteiger partial charge is 0.372 e. The molecular weight excluding hydrogens is 889 g/mol. The second kappa shape index (κ2) is 28.5. The molecule has 0 spiro atoms. The highest BCUT2D eigenvalue weighted by Crippen LogP contribution is 2.42. The van der Waals surface area contributed by atoms with Crippen molar-refractivity contribution in [3.63, 3.8) is 0 Å². The van der Waals surface area contributed by atoms with Crippen LogP contribution in [0.5, 0.6) is 0 Å². The summed E-state index contributed by atoms with van der Waals surface area (Å²) in [5.74, 6) is 0. The summed E-state index contributed by atoms with van der Waals surface area (Å²) >= 11 is 0. The summed E-state index contributed by atoms with van der Waals surface area (Å²) in [6.07, 6.45) is 14.4. The van der Waals surface area contributed by atoms with Gasteiger partial charge in [0.25, 0.3) is 0 Å². The molecule has 0 aliphatic heterocycles. The molecule has 73 heavy (non-hydrogen) atoms. The van der Waals surface area contributed by atoms with Crippen molar-refractivity contribution < 1.29 is 0 Å². The van der Waals surface area contributed by atoms with Crippen molar-refractivity contribution >= 4 is 68.2 Å². The van der Waals surface area contributed by atoms with Crippen LogP contribution in [-0.4, -0.2) is 39.3 Å². The third-order valence-corrected chi connectivity index (χ3v) is 14.1. The molecule has 0 N–H and O–H groups in total. The molecule has 0 atom stereocenters. The van der Waals surface area contributed by atoms with Crippen LogP contribution in [0.3, 0.4) is 0 Å². The van der Waals surface area contributed by atoms with Gasteiger partial charge in [-0.1, -0.05) is 116 Å². The van der Waals surface area contributed by atoms with E-state index in [-0.39, 0.29) is 0 Å². The van der Waals surface area contributed by atoms with Gasteiger partial charge in [-0.15, -0.1) is 0 Å². The zero-order valence-corrected chi connectivity index (χ0v) is 45.7. The van der Waals surface area contributed by atoms with E-state index in [0.717, 1.165) is 90.5 Å². The van der Waals surface area contributed by atoms with Crippen molar-refractivity contribution in [2.75, 3.05) is 68.7 Å². The maximum absolute atomic E-state index is 2.57. The van der Waals surface area contributed by atoms with Crippen molar-refractivity contribution in [3.8, 4) is 0 Å². The number of hydrogen-bond acceptors (Lipinski definition) is 6. The van der Waals surface area contributed by atoms with Crippen LogP contribution < -0.4 is 29.4 Å². The molecule has 0 saturated heterocycles. The van der Waals surface area contributed by atoms with Gasteiger partial charge in [0, 0.05) is 108 Å². The standard InChI is InChI=1S/C67H86N6/c1-8-14-49-68(50-15-9-2)56-29-35-61(36-30-56)72(60-27-25-55(7)26-28-60)66-45-41-64(42-46-66)71(59-23-21-20-22-24-59)65-43-47-67(48-44-65)73(62-37-31-57(32-38-62)69(51-16-10-3)52-17-11-4)63-39-33-58(34-40-63)70(53-18-12-5)54-19-13-6/h20-48H,8-19,49-54H2,1-7H3. The van der Waals surface area contributed by atoms with Crippen LogP contribution >= 0.6 is 0 Å². The number of rotatable bonds is 30. The van der Waals surface area contributed by atoms with Gasteiger partial charge in [-0.3, -0.25) is 0 Å². The number of hydrogen-bond donors (Lipinski definition) is 0. The molecule has 0 aliphatic rings. The summed E-state index contributed by atoms with van der Waals surface area (Å²) in [7, 11) is 0. The molecule has 6 heteroatoms. The quantitative estimate of drug-likeness (QED) is 0.0444. The molecule has 0 aliphatic carbocycles. The predicted molar refractivity (Wildman–Crippen MR) is 321 cm³/mol. The van der Waals surface area contributed by atoms with Crippen molar-refractivity contribution in [1.82, 2.24) is 0 Å². The Hall–Kier alpha value is -6.66. The Balaban J connectivity index is 1.24. The molecule has 0 saturated carbocycles. The lowest BCUT2D eigenvalue weighted by Crippen LogP contribution is -2.25. The van der Waals surface area contributed by atoms with Gasteiger partial charge in [-0.05, 0) is 191 Å². The third-order valence-electron chi connectivity index (χ3n) is 14.1. The number of nitrogens with zero attached hydrogens (tertiary/aromatic N) is 6. The summed E-state index contributed by atoms with van der Waals surface area (Å²) in [5.41, 5.74) is 15.3. The molecule has 0 unspecified atom stereocenters. The van der Waals surface area contributed by atoms with Crippen molar-refractivity contribution in [1.29, 1.82) is 0 Å². The van der Waals surface area contributed by atoms with Gasteiger partial charge in [0.15, 0.2) is 0 Å². The molecule has 0 amide bonds. The highest BCUT2D eigenvalue weighted by molar-refractivity contribution is 5.84. The van der Waals surface area contributed by atoms with E-state index in [9.17, 15) is 0 Å². The van der Waals surface area contributed by atoms with Crippen LogP contribution in [0.25, 0.3) is 0 Å². The first-order chi connectivity index (χ1) is 35.9. The second-order valence-electron chi connectivity index (χ2n) is 19.8. The van der Waals surface area contributed by atoms with Crippen molar-refractivity contribution in [3.05, 3.63) is 181 Å². The summed E-state index contributed by atoms with van der Waals surface area (Å²) in [6, 6.07) is 65.7. The van der Waals surface area contributed by atoms with Crippen LogP contribution in [0.1, 0.15) is 124 Å². The minimum Gasteiger partial charge on any atom is -0.372 e. The van der Waals surface area contributed by atoms with E-state index in [1.807, 2.05) is 0 Å². The molecule has 6 nitrogen and oxygen atoms in total. The number of para-hydroxylation sites is 1. The average molecular weight is 975 g/mol. The number of aryl methyl sites for hydroxylation is 1. The number of unbranched alkanes of at least 4 members (excludes halogenated alkanes) is 6. The molecule has 7 rings (SSSR count). The minimum absolute atomic E-state index is 1.09. The Labute approximate surface area is 441 Å². The van der Waals surface area contributed by atoms with Gasteiger partial charge in [-0.2, -0.15) is 0 Å². The normalized spacial score (nSPS) is 11.1. The first-order valence-corrected chi connectivity index (χ1v) is 28.2. The van der Waals surface area contributed by atoms with Crippen LogP contribution in [0, 0.1) is 6.92 Å². The van der Waals surface area contributed by atoms with Crippen molar-refractivity contribution in [2.45, 2.75) is 126 Å². The lowest BCUT2D eigenvalue weighted by Gasteiger charge is -2.30. The van der Waals surface area contributed by atoms with Crippen LogP contribution in [0.4, 0.5) is 68.2 Å². The van der Waals surface area contributed by atoms with Gasteiger partial charge in [0.05, 0.1) is 0 Å².